The Kier molecular flexibility index (Phi) is 7.69. The van der Waals surface area contributed by atoms with Crippen molar-refractivity contribution in [2.24, 2.45) is 7.05 Å². The van der Waals surface area contributed by atoms with Crippen LogP contribution in [-0.4, -0.2) is 69.6 Å². The molecule has 258 valence electrons. The Morgan fingerprint density at radius 2 is 1.78 bits per heavy atom. The monoisotopic (exact) mass is 685 g/mol. The third-order valence-electron chi connectivity index (χ3n) is 9.99. The number of hydrogen-bond acceptors (Lipinski definition) is 9. The van der Waals surface area contributed by atoms with E-state index >= 15 is 0 Å². The standard InChI is InChI=1S/C34H34F3N11O2/c1-45-24-6-4-3-5-19(24)15-25(45)32(49)41-23-12-7-20(16-26(23)50-2)29-28-30(38)39-18-40-31(28)48(44-29)22-10-8-21(9-11-22)46-13-14-47-27(17-46)42-43-33(47)34(35,36)37/h3-7,12,15-16,18,21-22H,8-11,13-14,17H2,1-2H3,(H,41,49)(H2,38,39,40)/t21-,22-. The van der Waals surface area contributed by atoms with Gasteiger partial charge in [-0.15, -0.1) is 10.2 Å². The van der Waals surface area contributed by atoms with Gasteiger partial charge in [0.2, 0.25) is 5.82 Å². The molecule has 16 heteroatoms. The van der Waals surface area contributed by atoms with Crippen LogP contribution in [0, 0.1) is 0 Å². The highest BCUT2D eigenvalue weighted by atomic mass is 19.4. The van der Waals surface area contributed by atoms with Crippen LogP contribution in [0.1, 0.15) is 53.9 Å². The number of nitrogens with one attached hydrogen (secondary N) is 1. The number of carbonyl (C=O) groups is 1. The van der Waals surface area contributed by atoms with Crippen molar-refractivity contribution in [3.8, 4) is 17.0 Å². The van der Waals surface area contributed by atoms with E-state index < -0.39 is 12.0 Å². The molecule has 4 aromatic heterocycles. The normalized spacial score (nSPS) is 18.4. The third-order valence-corrected chi connectivity index (χ3v) is 9.99. The molecule has 0 unspecified atom stereocenters. The summed E-state index contributed by atoms with van der Waals surface area (Å²) in [4.78, 5) is 24.4. The van der Waals surface area contributed by atoms with Gasteiger partial charge >= 0.3 is 6.18 Å². The molecule has 1 amide bonds. The molecule has 0 radical (unpaired) electrons. The second kappa shape index (κ2) is 12.1. The van der Waals surface area contributed by atoms with Crippen LogP contribution in [0.5, 0.6) is 5.75 Å². The summed E-state index contributed by atoms with van der Waals surface area (Å²) in [5.74, 6) is -0.109. The molecule has 8 rings (SSSR count). The largest absolute Gasteiger partial charge is 0.495 e. The Bertz CT molecular complexity index is 2250. The molecule has 0 atom stereocenters. The molecule has 0 bridgehead atoms. The molecular formula is C34H34F3N11O2. The number of amides is 1. The van der Waals surface area contributed by atoms with E-state index in [1.165, 1.54) is 10.9 Å². The van der Waals surface area contributed by atoms with E-state index in [2.05, 4.69) is 30.4 Å². The lowest BCUT2D eigenvalue weighted by atomic mass is 9.90. The summed E-state index contributed by atoms with van der Waals surface area (Å²) in [5.41, 5.74) is 10.3. The average Bonchev–Trinajstić information content (AvgIpc) is 3.83. The van der Waals surface area contributed by atoms with E-state index in [9.17, 15) is 18.0 Å². The lowest BCUT2D eigenvalue weighted by Crippen LogP contribution is -2.43. The van der Waals surface area contributed by atoms with Crippen LogP contribution in [0.3, 0.4) is 0 Å². The SMILES string of the molecule is COc1cc(-c2nn([C@H]3CC[C@H](N4CCn5c(nnc5C(F)(F)F)C4)CC3)c3ncnc(N)c23)ccc1NC(=O)c1cc2ccccc2n1C. The number of hydrogen-bond donors (Lipinski definition) is 2. The van der Waals surface area contributed by atoms with E-state index in [4.69, 9.17) is 15.6 Å². The van der Waals surface area contributed by atoms with Gasteiger partial charge in [0.05, 0.1) is 30.8 Å². The maximum atomic E-state index is 13.4. The number of rotatable bonds is 6. The number of benzene rings is 2. The number of carbonyl (C=O) groups excluding carboxylic acids is 1. The second-order valence-corrected chi connectivity index (χ2v) is 12.8. The summed E-state index contributed by atoms with van der Waals surface area (Å²) in [6.07, 6.45) is 0.165. The van der Waals surface area contributed by atoms with Crippen molar-refractivity contribution in [1.82, 2.24) is 44.0 Å². The molecule has 1 aliphatic carbocycles. The molecule has 0 spiro atoms. The first-order valence-electron chi connectivity index (χ1n) is 16.4. The first kappa shape index (κ1) is 31.7. The minimum absolute atomic E-state index is 0.0309. The minimum atomic E-state index is -4.52. The minimum Gasteiger partial charge on any atom is -0.495 e. The zero-order chi connectivity index (χ0) is 34.7. The maximum absolute atomic E-state index is 13.4. The summed E-state index contributed by atoms with van der Waals surface area (Å²) < 4.78 is 50.7. The van der Waals surface area contributed by atoms with Gasteiger partial charge in [-0.3, -0.25) is 9.69 Å². The summed E-state index contributed by atoms with van der Waals surface area (Å²) in [5, 5.41) is 16.9. The van der Waals surface area contributed by atoms with Gasteiger partial charge in [0.25, 0.3) is 5.91 Å². The number of methoxy groups -OCH3 is 1. The van der Waals surface area contributed by atoms with E-state index in [0.717, 1.165) is 42.1 Å². The molecular weight excluding hydrogens is 651 g/mol. The number of aromatic nitrogens is 8. The number of nitrogen functional groups attached to an aromatic ring is 1. The molecule has 1 fully saturated rings. The van der Waals surface area contributed by atoms with Crippen LogP contribution in [0.25, 0.3) is 33.2 Å². The van der Waals surface area contributed by atoms with Crippen molar-refractivity contribution in [1.29, 1.82) is 0 Å². The van der Waals surface area contributed by atoms with Crippen LogP contribution >= 0.6 is 0 Å². The van der Waals surface area contributed by atoms with Gasteiger partial charge in [-0.1, -0.05) is 24.3 Å². The van der Waals surface area contributed by atoms with Gasteiger partial charge < -0.3 is 24.9 Å². The van der Waals surface area contributed by atoms with Gasteiger partial charge in [-0.25, -0.2) is 14.6 Å². The van der Waals surface area contributed by atoms with E-state index in [1.807, 2.05) is 58.8 Å². The fourth-order valence-corrected chi connectivity index (χ4v) is 7.45. The van der Waals surface area contributed by atoms with Crippen molar-refractivity contribution in [2.45, 2.75) is 57.0 Å². The topological polar surface area (TPSA) is 147 Å². The number of anilines is 2. The first-order chi connectivity index (χ1) is 24.1. The quantitative estimate of drug-likeness (QED) is 0.234. The molecule has 2 aliphatic rings. The van der Waals surface area contributed by atoms with Gasteiger partial charge in [-0.05, 0) is 49.9 Å². The van der Waals surface area contributed by atoms with Crippen LogP contribution in [0.2, 0.25) is 0 Å². The van der Waals surface area contributed by atoms with E-state index in [1.54, 1.807) is 13.2 Å². The van der Waals surface area contributed by atoms with Crippen molar-refractivity contribution < 1.29 is 22.7 Å². The predicted octanol–water partition coefficient (Wildman–Crippen LogP) is 5.44. The fourth-order valence-electron chi connectivity index (χ4n) is 7.45. The molecule has 1 saturated carbocycles. The number of para-hydroxylation sites is 1. The van der Waals surface area contributed by atoms with Crippen molar-refractivity contribution in [3.63, 3.8) is 0 Å². The number of ether oxygens (including phenoxy) is 1. The number of halogens is 3. The highest BCUT2D eigenvalue weighted by Crippen LogP contribution is 2.40. The maximum Gasteiger partial charge on any atom is 0.451 e. The molecule has 6 aromatic rings. The first-order valence-corrected chi connectivity index (χ1v) is 16.4. The van der Waals surface area contributed by atoms with Gasteiger partial charge in [-0.2, -0.15) is 18.3 Å². The predicted molar refractivity (Wildman–Crippen MR) is 179 cm³/mol. The Morgan fingerprint density at radius 1 is 1.00 bits per heavy atom. The van der Waals surface area contributed by atoms with Gasteiger partial charge in [0, 0.05) is 42.6 Å². The van der Waals surface area contributed by atoms with Crippen LogP contribution in [0.15, 0.2) is 54.9 Å². The Morgan fingerprint density at radius 3 is 2.54 bits per heavy atom. The number of nitrogens with zero attached hydrogens (tertiary/aromatic N) is 9. The van der Waals surface area contributed by atoms with Crippen molar-refractivity contribution >= 4 is 39.3 Å². The number of aryl methyl sites for hydroxylation is 1. The van der Waals surface area contributed by atoms with E-state index in [-0.39, 0.29) is 24.5 Å². The number of alkyl halides is 3. The fraction of sp³-hybridized carbons (Fsp3) is 0.353. The smallest absolute Gasteiger partial charge is 0.451 e. The molecule has 0 saturated heterocycles. The van der Waals surface area contributed by atoms with Gasteiger partial charge in [0.15, 0.2) is 5.65 Å². The number of fused-ring (bicyclic) bond motifs is 3. The van der Waals surface area contributed by atoms with Crippen molar-refractivity contribution in [2.75, 3.05) is 24.7 Å². The van der Waals surface area contributed by atoms with Gasteiger partial charge in [0.1, 0.15) is 35.1 Å². The highest BCUT2D eigenvalue weighted by molar-refractivity contribution is 6.07. The molecule has 2 aromatic carbocycles. The Balaban J connectivity index is 1.02. The van der Waals surface area contributed by atoms with Crippen LogP contribution in [-0.2, 0) is 26.3 Å². The Labute approximate surface area is 283 Å². The van der Waals surface area contributed by atoms with E-state index in [0.29, 0.717) is 58.6 Å². The highest BCUT2D eigenvalue weighted by Gasteiger charge is 2.40. The number of nitrogens with two attached hydrogens (primary N) is 1. The summed E-state index contributed by atoms with van der Waals surface area (Å²) in [6, 6.07) is 15.3. The molecule has 13 nitrogen and oxygen atoms in total. The third kappa shape index (κ3) is 5.39. The molecule has 5 heterocycles. The molecule has 1 aliphatic heterocycles. The van der Waals surface area contributed by atoms with Crippen molar-refractivity contribution in [3.05, 3.63) is 72.2 Å². The zero-order valence-electron chi connectivity index (χ0n) is 27.4. The lowest BCUT2D eigenvalue weighted by molar-refractivity contribution is -0.148. The molecule has 50 heavy (non-hydrogen) atoms. The second-order valence-electron chi connectivity index (χ2n) is 12.8. The molecule has 3 N–H and O–H groups in total. The Hall–Kier alpha value is -5.51. The lowest BCUT2D eigenvalue weighted by Gasteiger charge is -2.38. The van der Waals surface area contributed by atoms with Crippen LogP contribution < -0.4 is 15.8 Å². The average molecular weight is 686 g/mol. The zero-order valence-corrected chi connectivity index (χ0v) is 27.4. The van der Waals surface area contributed by atoms with Crippen LogP contribution in [0.4, 0.5) is 24.7 Å². The summed E-state index contributed by atoms with van der Waals surface area (Å²) in [6.45, 7) is 1.04. The summed E-state index contributed by atoms with van der Waals surface area (Å²) in [7, 11) is 3.40. The summed E-state index contributed by atoms with van der Waals surface area (Å²) >= 11 is 0.